The Morgan fingerprint density at radius 3 is 2.61 bits per heavy atom. The standard InChI is InChI=1S/C16H25N3O2SSi/c1-21-16-18-15-13(22-16)10-12(14(17)20)19(15)11-6-4-8-23(2,3)9-5-7-11/h10-11H,4-9H2,1-3H3,(H2,17,20). The first-order valence-electron chi connectivity index (χ1n) is 8.27. The summed E-state index contributed by atoms with van der Waals surface area (Å²) in [6.45, 7) is 4.97. The van der Waals surface area contributed by atoms with Crippen LogP contribution in [0.25, 0.3) is 10.3 Å². The topological polar surface area (TPSA) is 70.1 Å². The van der Waals surface area contributed by atoms with Crippen LogP contribution in [0.4, 0.5) is 0 Å². The molecule has 0 unspecified atom stereocenters. The summed E-state index contributed by atoms with van der Waals surface area (Å²) in [5.74, 6) is -0.370. The fourth-order valence-electron chi connectivity index (χ4n) is 3.69. The number of carbonyl (C=O) groups is 1. The predicted molar refractivity (Wildman–Crippen MR) is 97.3 cm³/mol. The largest absolute Gasteiger partial charge is 0.473 e. The number of rotatable bonds is 3. The van der Waals surface area contributed by atoms with E-state index in [1.165, 1.54) is 36.3 Å². The maximum atomic E-state index is 11.9. The number of fused-ring (bicyclic) bond motifs is 1. The molecule has 5 nitrogen and oxygen atoms in total. The average molecular weight is 352 g/mol. The minimum Gasteiger partial charge on any atom is -0.473 e. The summed E-state index contributed by atoms with van der Waals surface area (Å²) in [6, 6.07) is 4.90. The zero-order valence-electron chi connectivity index (χ0n) is 14.1. The van der Waals surface area contributed by atoms with E-state index in [4.69, 9.17) is 10.5 Å². The molecule has 23 heavy (non-hydrogen) atoms. The van der Waals surface area contributed by atoms with Crippen molar-refractivity contribution in [3.05, 3.63) is 11.8 Å². The number of amides is 1. The van der Waals surface area contributed by atoms with Gasteiger partial charge in [-0.15, -0.1) is 0 Å². The number of primary amides is 1. The smallest absolute Gasteiger partial charge is 0.275 e. The highest BCUT2D eigenvalue weighted by atomic mass is 32.1. The maximum absolute atomic E-state index is 11.9. The second-order valence-electron chi connectivity index (χ2n) is 7.24. The summed E-state index contributed by atoms with van der Waals surface area (Å²) in [6.07, 6.45) is 4.65. The van der Waals surface area contributed by atoms with E-state index in [2.05, 4.69) is 22.6 Å². The SMILES string of the molecule is COc1nc2c(cc(C(N)=O)n2C2CCC[Si](C)(C)CCC2)s1. The molecule has 2 N–H and O–H groups in total. The molecule has 1 saturated heterocycles. The van der Waals surface area contributed by atoms with Crippen LogP contribution >= 0.6 is 11.3 Å². The molecule has 1 fully saturated rings. The Hall–Kier alpha value is -1.34. The van der Waals surface area contributed by atoms with Crippen LogP contribution in [0.3, 0.4) is 0 Å². The second kappa shape index (κ2) is 6.28. The van der Waals surface area contributed by atoms with Gasteiger partial charge in [-0.3, -0.25) is 4.79 Å². The molecule has 1 amide bonds. The molecule has 0 aliphatic carbocycles. The van der Waals surface area contributed by atoms with Gasteiger partial charge < -0.3 is 15.0 Å². The lowest BCUT2D eigenvalue weighted by molar-refractivity contribution is 0.0989. The van der Waals surface area contributed by atoms with Gasteiger partial charge in [-0.25, -0.2) is 0 Å². The van der Waals surface area contributed by atoms with Gasteiger partial charge in [-0.1, -0.05) is 49.4 Å². The first-order valence-corrected chi connectivity index (χ1v) is 12.5. The van der Waals surface area contributed by atoms with E-state index in [1.54, 1.807) is 7.11 Å². The van der Waals surface area contributed by atoms with Crippen molar-refractivity contribution in [3.63, 3.8) is 0 Å². The van der Waals surface area contributed by atoms with Crippen molar-refractivity contribution in [1.82, 2.24) is 9.55 Å². The highest BCUT2D eigenvalue weighted by Crippen LogP contribution is 2.37. The second-order valence-corrected chi connectivity index (χ2v) is 13.6. The van der Waals surface area contributed by atoms with Crippen LogP contribution in [0.2, 0.25) is 25.2 Å². The monoisotopic (exact) mass is 351 g/mol. The molecule has 1 aliphatic rings. The molecule has 3 rings (SSSR count). The summed E-state index contributed by atoms with van der Waals surface area (Å²) >= 11 is 1.47. The zero-order valence-corrected chi connectivity index (χ0v) is 15.9. The minimum absolute atomic E-state index is 0.312. The number of thiazole rings is 1. The van der Waals surface area contributed by atoms with E-state index in [9.17, 15) is 4.79 Å². The van der Waals surface area contributed by atoms with E-state index in [0.29, 0.717) is 16.9 Å². The molecule has 0 saturated carbocycles. The van der Waals surface area contributed by atoms with Crippen LogP contribution in [0.5, 0.6) is 5.19 Å². The Kier molecular flexibility index (Phi) is 4.51. The Labute approximate surface area is 141 Å². The molecule has 0 spiro atoms. The molecule has 0 aromatic carbocycles. The van der Waals surface area contributed by atoms with Crippen molar-refractivity contribution in [3.8, 4) is 5.19 Å². The number of aromatic nitrogens is 2. The van der Waals surface area contributed by atoms with E-state index in [-0.39, 0.29) is 5.91 Å². The van der Waals surface area contributed by atoms with Crippen molar-refractivity contribution in [2.24, 2.45) is 5.73 Å². The summed E-state index contributed by atoms with van der Waals surface area (Å²) in [7, 11) is 0.612. The van der Waals surface area contributed by atoms with Gasteiger partial charge in [0.1, 0.15) is 5.69 Å². The fourth-order valence-corrected chi connectivity index (χ4v) is 7.07. The first kappa shape index (κ1) is 16.5. The van der Waals surface area contributed by atoms with Gasteiger partial charge in [0.05, 0.1) is 11.8 Å². The van der Waals surface area contributed by atoms with Crippen LogP contribution in [0, 0.1) is 0 Å². The molecule has 0 bridgehead atoms. The van der Waals surface area contributed by atoms with E-state index in [0.717, 1.165) is 23.2 Å². The van der Waals surface area contributed by atoms with Crippen molar-refractivity contribution >= 4 is 35.7 Å². The van der Waals surface area contributed by atoms with Crippen LogP contribution < -0.4 is 10.5 Å². The third-order valence-corrected chi connectivity index (χ3v) is 9.31. The average Bonchev–Trinajstić information content (AvgIpc) is 3.00. The van der Waals surface area contributed by atoms with Gasteiger partial charge in [0, 0.05) is 14.1 Å². The lowest BCUT2D eigenvalue weighted by Crippen LogP contribution is -2.28. The fraction of sp³-hybridized carbons (Fsp3) is 0.625. The highest BCUT2D eigenvalue weighted by Gasteiger charge is 2.28. The normalized spacial score (nSPS) is 19.4. The van der Waals surface area contributed by atoms with Crippen LogP contribution in [0.15, 0.2) is 6.07 Å². The summed E-state index contributed by atoms with van der Waals surface area (Å²) in [5, 5.41) is 0.638. The zero-order chi connectivity index (χ0) is 16.6. The van der Waals surface area contributed by atoms with Crippen LogP contribution in [0.1, 0.15) is 42.2 Å². The van der Waals surface area contributed by atoms with Gasteiger partial charge in [0.15, 0.2) is 5.65 Å². The number of nitrogens with zero attached hydrogens (tertiary/aromatic N) is 2. The van der Waals surface area contributed by atoms with Crippen LogP contribution in [-0.4, -0.2) is 30.6 Å². The van der Waals surface area contributed by atoms with Gasteiger partial charge >= 0.3 is 0 Å². The molecule has 7 heteroatoms. The molecule has 2 aromatic rings. The van der Waals surface area contributed by atoms with Crippen molar-refractivity contribution in [1.29, 1.82) is 0 Å². The summed E-state index contributed by atoms with van der Waals surface area (Å²) in [5.41, 5.74) is 7.06. The predicted octanol–water partition coefficient (Wildman–Crippen LogP) is 4.03. The van der Waals surface area contributed by atoms with Crippen molar-refractivity contribution in [2.45, 2.75) is 56.9 Å². The lowest BCUT2D eigenvalue weighted by Gasteiger charge is -2.29. The quantitative estimate of drug-likeness (QED) is 0.849. The van der Waals surface area contributed by atoms with Gasteiger partial charge in [-0.2, -0.15) is 4.98 Å². The van der Waals surface area contributed by atoms with E-state index in [1.807, 2.05) is 6.07 Å². The Bertz CT molecular complexity index is 710. The Morgan fingerprint density at radius 2 is 2.04 bits per heavy atom. The number of hydrogen-bond donors (Lipinski definition) is 1. The molecular formula is C16H25N3O2SSi. The number of methoxy groups -OCH3 is 1. The number of hydrogen-bond acceptors (Lipinski definition) is 4. The number of nitrogens with two attached hydrogens (primary N) is 1. The first-order chi connectivity index (χ1) is 10.9. The van der Waals surface area contributed by atoms with E-state index >= 15 is 0 Å². The molecule has 1 aliphatic heterocycles. The number of ether oxygens (including phenoxy) is 1. The Morgan fingerprint density at radius 1 is 1.39 bits per heavy atom. The van der Waals surface area contributed by atoms with Gasteiger partial charge in [-0.05, 0) is 18.9 Å². The third kappa shape index (κ3) is 3.30. The Balaban J connectivity index is 1.97. The molecule has 3 heterocycles. The molecule has 2 aromatic heterocycles. The molecule has 126 valence electrons. The van der Waals surface area contributed by atoms with Crippen molar-refractivity contribution in [2.75, 3.05) is 7.11 Å². The summed E-state index contributed by atoms with van der Waals surface area (Å²) < 4.78 is 8.31. The molecule has 0 radical (unpaired) electrons. The molecule has 0 atom stereocenters. The lowest BCUT2D eigenvalue weighted by atomic mass is 10.1. The van der Waals surface area contributed by atoms with E-state index < -0.39 is 8.07 Å². The minimum atomic E-state index is -1.01. The molecular weight excluding hydrogens is 326 g/mol. The highest BCUT2D eigenvalue weighted by molar-refractivity contribution is 7.20. The number of carbonyl (C=O) groups excluding carboxylic acids is 1. The van der Waals surface area contributed by atoms with Gasteiger partial charge in [0.25, 0.3) is 11.1 Å². The summed E-state index contributed by atoms with van der Waals surface area (Å²) in [4.78, 5) is 16.4. The van der Waals surface area contributed by atoms with Crippen LogP contribution in [-0.2, 0) is 0 Å². The van der Waals surface area contributed by atoms with Crippen molar-refractivity contribution < 1.29 is 9.53 Å². The maximum Gasteiger partial charge on any atom is 0.275 e. The van der Waals surface area contributed by atoms with Gasteiger partial charge in [0.2, 0.25) is 0 Å². The third-order valence-electron chi connectivity index (χ3n) is 4.94.